The van der Waals surface area contributed by atoms with E-state index in [2.05, 4.69) is 4.74 Å². The van der Waals surface area contributed by atoms with Crippen LogP contribution in [0.4, 0.5) is 0 Å². The number of rotatable bonds is 6. The van der Waals surface area contributed by atoms with Crippen molar-refractivity contribution in [3.63, 3.8) is 0 Å². The number of hydrogen-bond acceptors (Lipinski definition) is 8. The third-order valence-corrected chi connectivity index (χ3v) is 2.05. The first-order chi connectivity index (χ1) is 7.36. The second kappa shape index (κ2) is 6.74. The summed E-state index contributed by atoms with van der Waals surface area (Å²) < 4.78 is 4.10. The molecule has 6 N–H and O–H groups in total. The van der Waals surface area contributed by atoms with Crippen molar-refractivity contribution < 1.29 is 40.2 Å². The quantitative estimate of drug-likeness (QED) is 0.257. The van der Waals surface area contributed by atoms with Crippen LogP contribution >= 0.6 is 0 Å². The molecule has 0 aromatic carbocycles. The maximum absolute atomic E-state index is 10.8. The van der Waals surface area contributed by atoms with E-state index >= 15 is 0 Å². The number of carbonyl (C=O) groups is 1. The molecule has 8 nitrogen and oxygen atoms in total. The minimum Gasteiger partial charge on any atom is -0.467 e. The molecule has 0 rings (SSSR count). The van der Waals surface area contributed by atoms with Crippen LogP contribution in [-0.2, 0) is 9.53 Å². The van der Waals surface area contributed by atoms with Crippen molar-refractivity contribution in [2.24, 2.45) is 0 Å². The van der Waals surface area contributed by atoms with E-state index in [0.717, 1.165) is 7.11 Å². The lowest BCUT2D eigenvalue weighted by atomic mass is 9.99. The third kappa shape index (κ3) is 3.67. The molecule has 8 heteroatoms. The number of aliphatic hydroxyl groups is 6. The van der Waals surface area contributed by atoms with E-state index in [-0.39, 0.29) is 0 Å². The molecule has 0 bridgehead atoms. The lowest BCUT2D eigenvalue weighted by Gasteiger charge is -2.27. The van der Waals surface area contributed by atoms with Crippen LogP contribution in [0.25, 0.3) is 0 Å². The van der Waals surface area contributed by atoms with Gasteiger partial charge in [0.25, 0.3) is 0 Å². The Hall–Kier alpha value is -0.770. The van der Waals surface area contributed by atoms with Gasteiger partial charge in [0.1, 0.15) is 24.4 Å². The molecule has 0 amide bonds. The molecular weight excluding hydrogens is 224 g/mol. The lowest BCUT2D eigenvalue weighted by molar-refractivity contribution is -0.172. The maximum Gasteiger partial charge on any atom is 0.337 e. The van der Waals surface area contributed by atoms with Crippen LogP contribution in [-0.4, -0.2) is 80.8 Å². The minimum atomic E-state index is -2.06. The molecule has 0 radical (unpaired) electrons. The van der Waals surface area contributed by atoms with Gasteiger partial charge in [-0.25, -0.2) is 4.79 Å². The van der Waals surface area contributed by atoms with Crippen LogP contribution in [0.1, 0.15) is 0 Å². The first-order valence-electron chi connectivity index (χ1n) is 4.45. The molecule has 5 atom stereocenters. The molecule has 0 aromatic heterocycles. The summed E-state index contributed by atoms with van der Waals surface area (Å²) in [5.74, 6) is -1.20. The Kier molecular flexibility index (Phi) is 6.41. The van der Waals surface area contributed by atoms with Gasteiger partial charge in [-0.05, 0) is 0 Å². The molecular formula is C8H16O8. The topological polar surface area (TPSA) is 148 Å². The highest BCUT2D eigenvalue weighted by atomic mass is 16.5. The van der Waals surface area contributed by atoms with Gasteiger partial charge in [0, 0.05) is 0 Å². The molecule has 0 heterocycles. The standard InChI is InChI=1S/C8H16O8/c1-16-8(15)7(14)6(13)5(12)4(11)3(10)2-9/h3-7,9-14H,2H2,1H3. The molecule has 16 heavy (non-hydrogen) atoms. The monoisotopic (exact) mass is 240 g/mol. The Bertz CT molecular complexity index is 220. The van der Waals surface area contributed by atoms with Gasteiger partial charge in [-0.1, -0.05) is 0 Å². The Morgan fingerprint density at radius 1 is 1.06 bits per heavy atom. The number of methoxy groups -OCH3 is 1. The van der Waals surface area contributed by atoms with Crippen molar-refractivity contribution in [2.75, 3.05) is 13.7 Å². The highest BCUT2D eigenvalue weighted by Crippen LogP contribution is 2.09. The van der Waals surface area contributed by atoms with Gasteiger partial charge < -0.3 is 35.4 Å². The predicted octanol–water partition coefficient (Wildman–Crippen LogP) is -4.04. The molecule has 0 aliphatic heterocycles. The summed E-state index contributed by atoms with van der Waals surface area (Å²) in [5.41, 5.74) is 0. The van der Waals surface area contributed by atoms with Crippen molar-refractivity contribution >= 4 is 5.97 Å². The van der Waals surface area contributed by atoms with E-state index in [9.17, 15) is 20.1 Å². The summed E-state index contributed by atoms with van der Waals surface area (Å²) in [7, 11) is 0.962. The number of aliphatic hydroxyl groups excluding tert-OH is 6. The van der Waals surface area contributed by atoms with Crippen molar-refractivity contribution in [1.82, 2.24) is 0 Å². The largest absolute Gasteiger partial charge is 0.467 e. The van der Waals surface area contributed by atoms with Crippen molar-refractivity contribution in [3.05, 3.63) is 0 Å². The molecule has 0 fully saturated rings. The molecule has 0 aliphatic rings. The zero-order valence-corrected chi connectivity index (χ0v) is 8.59. The molecule has 96 valence electrons. The SMILES string of the molecule is COC(=O)C(O)C(O)C(O)C(O)C(O)CO. The highest BCUT2D eigenvalue weighted by Gasteiger charge is 2.37. The molecule has 0 spiro atoms. The van der Waals surface area contributed by atoms with E-state index < -0.39 is 43.1 Å². The first kappa shape index (κ1) is 15.2. The van der Waals surface area contributed by atoms with E-state index in [1.54, 1.807) is 0 Å². The summed E-state index contributed by atoms with van der Waals surface area (Å²) in [6.07, 6.45) is -9.70. The number of esters is 1. The lowest BCUT2D eigenvalue weighted by Crippen LogP contribution is -2.52. The zero-order valence-electron chi connectivity index (χ0n) is 8.59. The van der Waals surface area contributed by atoms with Gasteiger partial charge in [0.15, 0.2) is 6.10 Å². The fourth-order valence-electron chi connectivity index (χ4n) is 0.985. The zero-order chi connectivity index (χ0) is 12.9. The second-order valence-electron chi connectivity index (χ2n) is 3.19. The second-order valence-corrected chi connectivity index (χ2v) is 3.19. The maximum atomic E-state index is 10.8. The first-order valence-corrected chi connectivity index (χ1v) is 4.45. The van der Waals surface area contributed by atoms with Crippen molar-refractivity contribution in [2.45, 2.75) is 30.5 Å². The summed E-state index contributed by atoms with van der Waals surface area (Å²) >= 11 is 0. The molecule has 0 aromatic rings. The Morgan fingerprint density at radius 2 is 1.56 bits per heavy atom. The average molecular weight is 240 g/mol. The van der Waals surface area contributed by atoms with E-state index in [1.807, 2.05) is 0 Å². The fourth-order valence-corrected chi connectivity index (χ4v) is 0.985. The van der Waals surface area contributed by atoms with E-state index in [1.165, 1.54) is 0 Å². The molecule has 0 saturated carbocycles. The number of carbonyl (C=O) groups excluding carboxylic acids is 1. The van der Waals surface area contributed by atoms with Crippen molar-refractivity contribution in [1.29, 1.82) is 0 Å². The van der Waals surface area contributed by atoms with Crippen LogP contribution < -0.4 is 0 Å². The normalized spacial score (nSPS) is 20.7. The Morgan fingerprint density at radius 3 is 1.94 bits per heavy atom. The van der Waals surface area contributed by atoms with Gasteiger partial charge in [0.2, 0.25) is 0 Å². The fraction of sp³-hybridized carbons (Fsp3) is 0.875. The average Bonchev–Trinajstić information content (AvgIpc) is 2.32. The Balaban J connectivity index is 4.47. The summed E-state index contributed by atoms with van der Waals surface area (Å²) in [4.78, 5) is 10.8. The van der Waals surface area contributed by atoms with Gasteiger partial charge in [0.05, 0.1) is 13.7 Å². The molecule has 0 saturated heterocycles. The summed E-state index contributed by atoms with van der Waals surface area (Å²) in [6.45, 7) is -0.848. The van der Waals surface area contributed by atoms with E-state index in [0.29, 0.717) is 0 Å². The van der Waals surface area contributed by atoms with Gasteiger partial charge in [-0.15, -0.1) is 0 Å². The number of ether oxygens (including phenoxy) is 1. The predicted molar refractivity (Wildman–Crippen MR) is 49.1 cm³/mol. The molecule has 0 aliphatic carbocycles. The van der Waals surface area contributed by atoms with E-state index in [4.69, 9.17) is 15.3 Å². The third-order valence-electron chi connectivity index (χ3n) is 2.05. The Labute approximate surface area is 91.3 Å². The van der Waals surface area contributed by atoms with Gasteiger partial charge in [-0.2, -0.15) is 0 Å². The molecule has 5 unspecified atom stereocenters. The smallest absolute Gasteiger partial charge is 0.337 e. The van der Waals surface area contributed by atoms with Crippen LogP contribution in [0.3, 0.4) is 0 Å². The van der Waals surface area contributed by atoms with Crippen LogP contribution in [0, 0.1) is 0 Å². The minimum absolute atomic E-state index is 0.848. The van der Waals surface area contributed by atoms with Gasteiger partial charge >= 0.3 is 5.97 Å². The van der Waals surface area contributed by atoms with Crippen LogP contribution in [0.15, 0.2) is 0 Å². The van der Waals surface area contributed by atoms with Gasteiger partial charge in [-0.3, -0.25) is 0 Å². The number of hydrogen-bond donors (Lipinski definition) is 6. The van der Waals surface area contributed by atoms with Crippen LogP contribution in [0.2, 0.25) is 0 Å². The summed E-state index contributed by atoms with van der Waals surface area (Å²) in [5, 5.41) is 54.2. The van der Waals surface area contributed by atoms with Crippen molar-refractivity contribution in [3.8, 4) is 0 Å². The summed E-state index contributed by atoms with van der Waals surface area (Å²) in [6, 6.07) is 0. The highest BCUT2D eigenvalue weighted by molar-refractivity contribution is 5.75. The van der Waals surface area contributed by atoms with Crippen LogP contribution in [0.5, 0.6) is 0 Å².